The number of nitrogens with one attached hydrogen (secondary N) is 2. The molecule has 2 aliphatic heterocycles. The first-order valence-corrected chi connectivity index (χ1v) is 12.4. The number of hydrogen-bond acceptors (Lipinski definition) is 5. The number of carbonyl (C=O) groups is 2. The van der Waals surface area contributed by atoms with Gasteiger partial charge < -0.3 is 20.3 Å². The molecule has 2 bridgehead atoms. The summed E-state index contributed by atoms with van der Waals surface area (Å²) < 4.78 is 82.7. The van der Waals surface area contributed by atoms with Crippen LogP contribution < -0.4 is 20.3 Å². The summed E-state index contributed by atoms with van der Waals surface area (Å²) in [5.74, 6) is -1.27. The van der Waals surface area contributed by atoms with E-state index in [1.165, 1.54) is 44.3 Å². The number of alkyl halides is 6. The number of rotatable bonds is 7. The van der Waals surface area contributed by atoms with Crippen molar-refractivity contribution in [3.05, 3.63) is 53.7 Å². The summed E-state index contributed by atoms with van der Waals surface area (Å²) in [4.78, 5) is 31.4. The third-order valence-corrected chi connectivity index (χ3v) is 6.90. The number of piperidine rings is 1. The smallest absolute Gasteiger partial charge is 0.419 e. The number of aromatic nitrogens is 1. The van der Waals surface area contributed by atoms with Gasteiger partial charge in [-0.2, -0.15) is 26.3 Å². The van der Waals surface area contributed by atoms with Crippen LogP contribution in [0.3, 0.4) is 0 Å². The van der Waals surface area contributed by atoms with Crippen LogP contribution in [0.2, 0.25) is 0 Å². The molecule has 2 fully saturated rings. The Kier molecular flexibility index (Phi) is 7.72. The number of para-hydroxylation sites is 1. The zero-order valence-electron chi connectivity index (χ0n) is 21.2. The number of ether oxygens (including phenoxy) is 1. The van der Waals surface area contributed by atoms with E-state index in [4.69, 9.17) is 4.74 Å². The van der Waals surface area contributed by atoms with E-state index in [1.54, 1.807) is 11.4 Å². The van der Waals surface area contributed by atoms with Gasteiger partial charge in [-0.3, -0.25) is 9.59 Å². The van der Waals surface area contributed by atoms with Crippen LogP contribution in [-0.4, -0.2) is 53.2 Å². The highest BCUT2D eigenvalue weighted by Crippen LogP contribution is 2.40. The van der Waals surface area contributed by atoms with Gasteiger partial charge in [-0.15, -0.1) is 0 Å². The number of nitrogens with zero attached hydrogens (tertiary/aromatic N) is 2. The van der Waals surface area contributed by atoms with Crippen molar-refractivity contribution < 1.29 is 40.7 Å². The van der Waals surface area contributed by atoms with Crippen LogP contribution in [0, 0.1) is 0 Å². The van der Waals surface area contributed by atoms with Gasteiger partial charge in [0, 0.05) is 24.3 Å². The average molecular weight is 559 g/mol. The lowest BCUT2D eigenvalue weighted by atomic mass is 9.96. The topological polar surface area (TPSA) is 83.6 Å². The highest BCUT2D eigenvalue weighted by molar-refractivity contribution is 5.94. The minimum absolute atomic E-state index is 0.00632. The van der Waals surface area contributed by atoms with E-state index in [0.29, 0.717) is 18.7 Å². The highest BCUT2D eigenvalue weighted by atomic mass is 19.4. The van der Waals surface area contributed by atoms with Gasteiger partial charge >= 0.3 is 12.4 Å². The first kappa shape index (κ1) is 28.5. The number of carbonyl (C=O) groups excluding carboxylic acids is 2. The fraction of sp³-hybridized carbons (Fsp3) is 0.500. The number of pyridine rings is 1. The number of anilines is 1. The van der Waals surface area contributed by atoms with Crippen LogP contribution in [0.15, 0.2) is 42.6 Å². The van der Waals surface area contributed by atoms with Gasteiger partial charge in [0.1, 0.15) is 18.1 Å². The first-order valence-electron chi connectivity index (χ1n) is 12.4. The van der Waals surface area contributed by atoms with E-state index in [2.05, 4.69) is 15.2 Å². The monoisotopic (exact) mass is 558 g/mol. The van der Waals surface area contributed by atoms with E-state index >= 15 is 0 Å². The van der Waals surface area contributed by atoms with E-state index in [0.717, 1.165) is 18.9 Å². The molecule has 7 nitrogen and oxygen atoms in total. The second-order valence-corrected chi connectivity index (χ2v) is 10.2. The molecule has 2 saturated heterocycles. The lowest BCUT2D eigenvalue weighted by Crippen LogP contribution is -2.55. The molecule has 4 rings (SSSR count). The molecule has 0 radical (unpaired) electrons. The predicted octanol–water partition coefficient (Wildman–Crippen LogP) is 4.87. The van der Waals surface area contributed by atoms with E-state index in [1.807, 2.05) is 0 Å². The lowest BCUT2D eigenvalue weighted by molar-refractivity contribution is -0.143. The molecule has 13 heteroatoms. The summed E-state index contributed by atoms with van der Waals surface area (Å²) in [7, 11) is 0. The van der Waals surface area contributed by atoms with Gasteiger partial charge in [-0.1, -0.05) is 12.1 Å². The minimum atomic E-state index is -4.63. The Hall–Kier alpha value is -3.51. The van der Waals surface area contributed by atoms with Gasteiger partial charge in [-0.25, -0.2) is 4.98 Å². The maximum absolute atomic E-state index is 13.4. The summed E-state index contributed by atoms with van der Waals surface area (Å²) in [6.45, 7) is 1.39. The molecule has 1 aromatic heterocycles. The number of fused-ring (bicyclic) bond motifs is 2. The van der Waals surface area contributed by atoms with Gasteiger partial charge in [0.15, 0.2) is 5.60 Å². The standard InChI is InChI=1S/C26H28F6N4O3/c1-24(2,39-20-6-4-3-5-19(20)26(30,31)32)23(38)35-16-11-17-8-9-18(12-16)36(17)21-10-7-15(13-33-21)22(37)34-14-25(27,28)29/h3-7,10,13,16-18H,8-9,11-12,14H2,1-2H3,(H,34,37)(H,35,38)/t16-,17+,18-. The quantitative estimate of drug-likeness (QED) is 0.474. The molecule has 3 heterocycles. The maximum atomic E-state index is 13.4. The maximum Gasteiger partial charge on any atom is 0.419 e. The molecule has 212 valence electrons. The van der Waals surface area contributed by atoms with E-state index in [-0.39, 0.29) is 23.7 Å². The van der Waals surface area contributed by atoms with Crippen molar-refractivity contribution in [1.82, 2.24) is 15.6 Å². The van der Waals surface area contributed by atoms with Crippen molar-refractivity contribution in [1.29, 1.82) is 0 Å². The molecular formula is C26H28F6N4O3. The Morgan fingerprint density at radius 3 is 2.21 bits per heavy atom. The van der Waals surface area contributed by atoms with Crippen LogP contribution in [0.4, 0.5) is 32.2 Å². The lowest BCUT2D eigenvalue weighted by Gasteiger charge is -2.41. The summed E-state index contributed by atoms with van der Waals surface area (Å²) >= 11 is 0. The second kappa shape index (κ2) is 10.6. The molecule has 2 amide bonds. The molecule has 2 aliphatic rings. The van der Waals surface area contributed by atoms with E-state index in [9.17, 15) is 35.9 Å². The fourth-order valence-corrected chi connectivity index (χ4v) is 5.09. The highest BCUT2D eigenvalue weighted by Gasteiger charge is 2.44. The number of amides is 2. The molecule has 1 aromatic carbocycles. The van der Waals surface area contributed by atoms with Crippen LogP contribution >= 0.6 is 0 Å². The minimum Gasteiger partial charge on any atom is -0.477 e. The van der Waals surface area contributed by atoms with Crippen molar-refractivity contribution in [3.63, 3.8) is 0 Å². The summed E-state index contributed by atoms with van der Waals surface area (Å²) in [5.41, 5.74) is -2.53. The summed E-state index contributed by atoms with van der Waals surface area (Å²) in [6, 6.07) is 7.52. The second-order valence-electron chi connectivity index (χ2n) is 10.2. The molecule has 0 spiro atoms. The third kappa shape index (κ3) is 6.74. The van der Waals surface area contributed by atoms with E-state index < -0.39 is 47.6 Å². The van der Waals surface area contributed by atoms with Crippen molar-refractivity contribution in [3.8, 4) is 5.75 Å². The normalized spacial score (nSPS) is 21.4. The Bertz CT molecular complexity index is 1190. The Morgan fingerprint density at radius 2 is 1.64 bits per heavy atom. The number of hydrogen-bond donors (Lipinski definition) is 2. The first-order chi connectivity index (χ1) is 18.1. The number of benzene rings is 1. The molecule has 0 saturated carbocycles. The van der Waals surface area contributed by atoms with Crippen molar-refractivity contribution in [2.24, 2.45) is 0 Å². The summed E-state index contributed by atoms with van der Waals surface area (Å²) in [6.07, 6.45) is -5.14. The summed E-state index contributed by atoms with van der Waals surface area (Å²) in [5, 5.41) is 4.73. The zero-order valence-corrected chi connectivity index (χ0v) is 21.2. The van der Waals surface area contributed by atoms with Gasteiger partial charge in [-0.05, 0) is 63.8 Å². The SMILES string of the molecule is CC(C)(Oc1ccccc1C(F)(F)F)C(=O)N[C@H]1C[C@H]2CC[C@@H](C1)N2c1ccc(C(=O)NCC(F)(F)F)cn1. The van der Waals surface area contributed by atoms with Crippen LogP contribution in [0.1, 0.15) is 55.5 Å². The van der Waals surface area contributed by atoms with Gasteiger partial charge in [0.25, 0.3) is 11.8 Å². The van der Waals surface area contributed by atoms with Crippen LogP contribution in [0.25, 0.3) is 0 Å². The third-order valence-electron chi connectivity index (χ3n) is 6.90. The van der Waals surface area contributed by atoms with Crippen molar-refractivity contribution in [2.45, 2.75) is 75.6 Å². The molecule has 0 aliphatic carbocycles. The molecule has 3 atom stereocenters. The molecule has 39 heavy (non-hydrogen) atoms. The molecular weight excluding hydrogens is 530 g/mol. The molecule has 0 unspecified atom stereocenters. The number of halogens is 6. The van der Waals surface area contributed by atoms with Gasteiger partial charge in [0.2, 0.25) is 0 Å². The average Bonchev–Trinajstić information content (AvgIpc) is 3.11. The van der Waals surface area contributed by atoms with Crippen LogP contribution in [-0.2, 0) is 11.0 Å². The van der Waals surface area contributed by atoms with Gasteiger partial charge in [0.05, 0.1) is 11.1 Å². The van der Waals surface area contributed by atoms with Crippen molar-refractivity contribution in [2.75, 3.05) is 11.4 Å². The molecule has 2 aromatic rings. The Labute approximate surface area is 220 Å². The Balaban J connectivity index is 1.37. The predicted molar refractivity (Wildman–Crippen MR) is 129 cm³/mol. The zero-order chi connectivity index (χ0) is 28.6. The van der Waals surface area contributed by atoms with Crippen LogP contribution in [0.5, 0.6) is 5.75 Å². The largest absolute Gasteiger partial charge is 0.477 e. The fourth-order valence-electron chi connectivity index (χ4n) is 5.09. The molecule has 2 N–H and O–H groups in total. The Morgan fingerprint density at radius 1 is 1.00 bits per heavy atom. The van der Waals surface area contributed by atoms with Crippen molar-refractivity contribution >= 4 is 17.6 Å².